The van der Waals surface area contributed by atoms with E-state index in [4.69, 9.17) is 0 Å². The van der Waals surface area contributed by atoms with Crippen LogP contribution in [0, 0.1) is 5.92 Å². The zero-order valence-electron chi connectivity index (χ0n) is 13.1. The lowest BCUT2D eigenvalue weighted by molar-refractivity contribution is -0.524. The van der Waals surface area contributed by atoms with Crippen molar-refractivity contribution in [2.75, 3.05) is 27.3 Å². The molecule has 2 rings (SSSR count). The van der Waals surface area contributed by atoms with Crippen LogP contribution in [0.1, 0.15) is 24.0 Å². The Hall–Kier alpha value is -2.17. The number of rotatable bonds is 6. The van der Waals surface area contributed by atoms with Crippen molar-refractivity contribution in [2.24, 2.45) is 5.92 Å². The zero-order chi connectivity index (χ0) is 15.9. The normalized spacial score (nSPS) is 13.3. The molecule has 1 aromatic carbocycles. The van der Waals surface area contributed by atoms with Gasteiger partial charge in [-0.2, -0.15) is 0 Å². The molecule has 1 heterocycles. The summed E-state index contributed by atoms with van der Waals surface area (Å²) in [6.07, 6.45) is 4.33. The summed E-state index contributed by atoms with van der Waals surface area (Å²) in [7, 11) is 2.57. The Kier molecular flexibility index (Phi) is 5.69. The Morgan fingerprint density at radius 1 is 1.18 bits per heavy atom. The third kappa shape index (κ3) is 3.93. The van der Waals surface area contributed by atoms with Gasteiger partial charge in [0.25, 0.3) is 0 Å². The Morgan fingerprint density at radius 2 is 1.86 bits per heavy atom. The molecule has 1 aliphatic rings. The Labute approximate surface area is 130 Å². The maximum atomic E-state index is 11.6. The molecule has 0 spiro atoms. The van der Waals surface area contributed by atoms with Crippen molar-refractivity contribution in [2.45, 2.75) is 19.3 Å². The first kappa shape index (κ1) is 16.2. The van der Waals surface area contributed by atoms with Crippen molar-refractivity contribution in [3.8, 4) is 0 Å². The van der Waals surface area contributed by atoms with E-state index in [0.29, 0.717) is 6.42 Å². The smallest absolute Gasteiger partial charge is 0.320 e. The number of methoxy groups -OCH3 is 2. The number of nitrogens with zero attached hydrogens (tertiary/aromatic N) is 1. The van der Waals surface area contributed by atoms with Crippen LogP contribution in [0.3, 0.4) is 0 Å². The van der Waals surface area contributed by atoms with Crippen LogP contribution in [-0.4, -0.2) is 50.0 Å². The van der Waals surface area contributed by atoms with Gasteiger partial charge >= 0.3 is 11.9 Å². The fourth-order valence-corrected chi connectivity index (χ4v) is 2.70. The highest BCUT2D eigenvalue weighted by atomic mass is 16.5. The Morgan fingerprint density at radius 3 is 2.55 bits per heavy atom. The first-order chi connectivity index (χ1) is 10.7. The fraction of sp³-hybridized carbons (Fsp3) is 0.471. The highest BCUT2D eigenvalue weighted by Crippen LogP contribution is 2.14. The van der Waals surface area contributed by atoms with Crippen molar-refractivity contribution in [3.63, 3.8) is 0 Å². The van der Waals surface area contributed by atoms with Gasteiger partial charge in [-0.15, -0.1) is 0 Å². The molecule has 0 radical (unpaired) electrons. The van der Waals surface area contributed by atoms with Crippen LogP contribution >= 0.6 is 0 Å². The molecule has 0 aliphatic carbocycles. The van der Waals surface area contributed by atoms with E-state index < -0.39 is 17.9 Å². The Bertz CT molecular complexity index is 564. The summed E-state index contributed by atoms with van der Waals surface area (Å²) in [5.41, 5.74) is 2.60. The third-order valence-corrected chi connectivity index (χ3v) is 3.95. The van der Waals surface area contributed by atoms with Crippen molar-refractivity contribution in [1.29, 1.82) is 0 Å². The molecular weight excluding hydrogens is 282 g/mol. The average molecular weight is 304 g/mol. The van der Waals surface area contributed by atoms with Crippen LogP contribution < -0.4 is 0 Å². The molecule has 1 aliphatic heterocycles. The maximum absolute atomic E-state index is 11.6. The molecule has 0 saturated heterocycles. The third-order valence-electron chi connectivity index (χ3n) is 3.95. The summed E-state index contributed by atoms with van der Waals surface area (Å²) in [5.74, 6) is -1.88. The van der Waals surface area contributed by atoms with Crippen LogP contribution in [0.15, 0.2) is 24.3 Å². The van der Waals surface area contributed by atoms with Crippen molar-refractivity contribution in [3.05, 3.63) is 35.4 Å². The van der Waals surface area contributed by atoms with Crippen LogP contribution in [-0.2, 0) is 25.5 Å². The average Bonchev–Trinajstić information content (AvgIpc) is 2.57. The number of hydrogen-bond donors (Lipinski definition) is 0. The van der Waals surface area contributed by atoms with E-state index in [2.05, 4.69) is 38.5 Å². The quantitative estimate of drug-likeness (QED) is 0.453. The summed E-state index contributed by atoms with van der Waals surface area (Å²) >= 11 is 0. The van der Waals surface area contributed by atoms with Gasteiger partial charge in [-0.3, -0.25) is 9.59 Å². The number of benzene rings is 1. The second-order valence-electron chi connectivity index (χ2n) is 5.36. The van der Waals surface area contributed by atoms with Crippen LogP contribution in [0.2, 0.25) is 0 Å². The van der Waals surface area contributed by atoms with Gasteiger partial charge in [0, 0.05) is 18.4 Å². The molecule has 118 valence electrons. The molecule has 0 unspecified atom stereocenters. The van der Waals surface area contributed by atoms with Crippen LogP contribution in [0.5, 0.6) is 0 Å². The molecule has 22 heavy (non-hydrogen) atoms. The standard InChI is InChI=1S/C17H22NO4/c1-21-16(19)15(17(20)22-2)8-5-10-18-11-9-13-6-3-4-7-14(13)12-18/h3-4,6-7,12,15H,5,8-11H2,1-2H3/q+1. The van der Waals surface area contributed by atoms with E-state index in [1.165, 1.54) is 25.3 Å². The topological polar surface area (TPSA) is 55.6 Å². The summed E-state index contributed by atoms with van der Waals surface area (Å²) < 4.78 is 11.6. The van der Waals surface area contributed by atoms with E-state index in [1.807, 2.05) is 6.07 Å². The molecule has 1 aromatic rings. The molecule has 5 heteroatoms. The first-order valence-electron chi connectivity index (χ1n) is 7.48. The van der Waals surface area contributed by atoms with Crippen molar-refractivity contribution in [1.82, 2.24) is 0 Å². The van der Waals surface area contributed by atoms with E-state index in [9.17, 15) is 9.59 Å². The second kappa shape index (κ2) is 7.73. The van der Waals surface area contributed by atoms with E-state index in [-0.39, 0.29) is 0 Å². The molecular formula is C17H22NO4+. The number of carbonyl (C=O) groups is 2. The molecule has 0 saturated carbocycles. The monoisotopic (exact) mass is 304 g/mol. The van der Waals surface area contributed by atoms with Crippen LogP contribution in [0.4, 0.5) is 0 Å². The number of ether oxygens (including phenoxy) is 2. The molecule has 0 amide bonds. The fourth-order valence-electron chi connectivity index (χ4n) is 2.70. The van der Waals surface area contributed by atoms with Gasteiger partial charge in [-0.1, -0.05) is 18.2 Å². The van der Waals surface area contributed by atoms with Gasteiger partial charge < -0.3 is 9.47 Å². The van der Waals surface area contributed by atoms with Gasteiger partial charge in [0.1, 0.15) is 13.1 Å². The van der Waals surface area contributed by atoms with Gasteiger partial charge in [0.15, 0.2) is 12.1 Å². The minimum Gasteiger partial charge on any atom is -0.468 e. The number of hydrogen-bond acceptors (Lipinski definition) is 4. The highest BCUT2D eigenvalue weighted by molar-refractivity contribution is 5.94. The summed E-state index contributed by atoms with van der Waals surface area (Å²) in [6.45, 7) is 1.76. The van der Waals surface area contributed by atoms with Gasteiger partial charge in [0.05, 0.1) is 14.2 Å². The number of carbonyl (C=O) groups excluding carboxylic acids is 2. The number of fused-ring (bicyclic) bond motifs is 1. The highest BCUT2D eigenvalue weighted by Gasteiger charge is 2.28. The second-order valence-corrected chi connectivity index (χ2v) is 5.36. The molecule has 5 nitrogen and oxygen atoms in total. The molecule has 0 atom stereocenters. The number of esters is 2. The summed E-state index contributed by atoms with van der Waals surface area (Å²) in [4.78, 5) is 23.2. The SMILES string of the molecule is COC(=O)C(CCC[N+]1=Cc2ccccc2CC1)C(=O)OC. The maximum Gasteiger partial charge on any atom is 0.320 e. The van der Waals surface area contributed by atoms with Crippen molar-refractivity contribution >= 4 is 18.2 Å². The van der Waals surface area contributed by atoms with Crippen molar-refractivity contribution < 1.29 is 23.6 Å². The molecule has 0 aromatic heterocycles. The van der Waals surface area contributed by atoms with Gasteiger partial charge in [-0.25, -0.2) is 4.58 Å². The lowest BCUT2D eigenvalue weighted by atomic mass is 10.0. The largest absolute Gasteiger partial charge is 0.468 e. The van der Waals surface area contributed by atoms with E-state index in [0.717, 1.165) is 25.9 Å². The summed E-state index contributed by atoms with van der Waals surface area (Å²) in [5, 5.41) is 0. The lowest BCUT2D eigenvalue weighted by Gasteiger charge is -2.14. The molecule has 0 N–H and O–H groups in total. The molecule has 0 fully saturated rings. The van der Waals surface area contributed by atoms with Gasteiger partial charge in [-0.05, 0) is 18.1 Å². The lowest BCUT2D eigenvalue weighted by Crippen LogP contribution is -2.28. The minimum absolute atomic E-state index is 0.436. The van der Waals surface area contributed by atoms with E-state index >= 15 is 0 Å². The minimum atomic E-state index is -0.827. The first-order valence-corrected chi connectivity index (χ1v) is 7.48. The van der Waals surface area contributed by atoms with E-state index in [1.54, 1.807) is 0 Å². The predicted octanol–water partition coefficient (Wildman–Crippen LogP) is 1.42. The summed E-state index contributed by atoms with van der Waals surface area (Å²) in [6, 6.07) is 8.34. The Balaban J connectivity index is 1.92. The predicted molar refractivity (Wildman–Crippen MR) is 82.1 cm³/mol. The molecule has 0 bridgehead atoms. The van der Waals surface area contributed by atoms with Gasteiger partial charge in [0.2, 0.25) is 0 Å². The zero-order valence-corrected chi connectivity index (χ0v) is 13.1. The van der Waals surface area contributed by atoms with Crippen LogP contribution in [0.25, 0.3) is 0 Å².